The Balaban J connectivity index is 1.85. The lowest BCUT2D eigenvalue weighted by Gasteiger charge is -2.16. The van der Waals surface area contributed by atoms with E-state index in [0.29, 0.717) is 22.3 Å². The molecule has 0 heterocycles. The fraction of sp³-hybridized carbons (Fsp3) is 0.381. The van der Waals surface area contributed by atoms with Gasteiger partial charge in [0, 0.05) is 0 Å². The van der Waals surface area contributed by atoms with Gasteiger partial charge >= 0.3 is 6.16 Å². The van der Waals surface area contributed by atoms with Gasteiger partial charge in [-0.1, -0.05) is 30.7 Å². The highest BCUT2D eigenvalue weighted by atomic mass is 35.5. The van der Waals surface area contributed by atoms with Crippen LogP contribution in [0, 0.1) is 6.92 Å². The minimum absolute atomic E-state index is 0.219. The third kappa shape index (κ3) is 4.13. The minimum atomic E-state index is -0.782. The Labute approximate surface area is 159 Å². The number of carbonyl (C=O) groups is 1. The van der Waals surface area contributed by atoms with Crippen molar-refractivity contribution in [1.29, 1.82) is 0 Å². The highest BCUT2D eigenvalue weighted by Crippen LogP contribution is 2.45. The van der Waals surface area contributed by atoms with Gasteiger partial charge in [-0.05, 0) is 67.0 Å². The second-order valence-electron chi connectivity index (χ2n) is 6.51. The molecule has 0 bridgehead atoms. The molecule has 2 aromatic rings. The summed E-state index contributed by atoms with van der Waals surface area (Å²) in [6, 6.07) is 9.51. The van der Waals surface area contributed by atoms with E-state index in [4.69, 9.17) is 21.1 Å². The maximum absolute atomic E-state index is 11.5. The average molecular weight is 375 g/mol. The summed E-state index contributed by atoms with van der Waals surface area (Å²) < 4.78 is 15.9. The number of carbonyl (C=O) groups excluding carboxylic acids is 1. The van der Waals surface area contributed by atoms with Gasteiger partial charge in [0.25, 0.3) is 0 Å². The molecular weight excluding hydrogens is 352 g/mol. The highest BCUT2D eigenvalue weighted by Gasteiger charge is 2.28. The van der Waals surface area contributed by atoms with Crippen LogP contribution in [-0.2, 0) is 17.8 Å². The summed E-state index contributed by atoms with van der Waals surface area (Å²) in [7, 11) is 1.27. The summed E-state index contributed by atoms with van der Waals surface area (Å²) in [5.74, 6) is 1.80. The van der Waals surface area contributed by atoms with Gasteiger partial charge in [-0.3, -0.25) is 0 Å². The Bertz CT molecular complexity index is 812. The molecule has 0 N–H and O–H groups in total. The molecule has 0 amide bonds. The van der Waals surface area contributed by atoms with Crippen molar-refractivity contribution in [3.05, 3.63) is 57.6 Å². The van der Waals surface area contributed by atoms with E-state index < -0.39 is 6.16 Å². The smallest absolute Gasteiger partial charge is 0.488 e. The number of halogens is 1. The van der Waals surface area contributed by atoms with E-state index in [1.54, 1.807) is 18.2 Å². The Hall–Kier alpha value is -2.20. The van der Waals surface area contributed by atoms with Crippen LogP contribution >= 0.6 is 11.6 Å². The van der Waals surface area contributed by atoms with Crippen LogP contribution in [0.15, 0.2) is 30.3 Å². The Morgan fingerprint density at radius 3 is 2.65 bits per heavy atom. The first-order valence-electron chi connectivity index (χ1n) is 8.82. The Morgan fingerprint density at radius 2 is 2.00 bits per heavy atom. The summed E-state index contributed by atoms with van der Waals surface area (Å²) >= 11 is 6.30. The van der Waals surface area contributed by atoms with Gasteiger partial charge in [-0.15, -0.1) is 0 Å². The van der Waals surface area contributed by atoms with Gasteiger partial charge in [0.05, 0.1) is 17.7 Å². The van der Waals surface area contributed by atoms with E-state index in [1.165, 1.54) is 36.6 Å². The van der Waals surface area contributed by atoms with Gasteiger partial charge in [0.1, 0.15) is 18.1 Å². The van der Waals surface area contributed by atoms with E-state index in [1.807, 2.05) is 0 Å². The maximum Gasteiger partial charge on any atom is 0.513 e. The molecule has 4 nitrogen and oxygen atoms in total. The lowest BCUT2D eigenvalue weighted by molar-refractivity contribution is 0.120. The zero-order valence-electron chi connectivity index (χ0n) is 15.3. The SMILES string of the molecule is CCc1cc(C2CC2)c(OCc2c(Cl)cccc2OC(=O)OC)cc1C. The van der Waals surface area contributed by atoms with Crippen molar-refractivity contribution in [3.63, 3.8) is 0 Å². The molecule has 0 unspecified atom stereocenters. The number of ether oxygens (including phenoxy) is 3. The molecule has 2 aromatic carbocycles. The molecule has 1 aliphatic rings. The molecule has 0 aliphatic heterocycles. The van der Waals surface area contributed by atoms with Crippen LogP contribution < -0.4 is 9.47 Å². The van der Waals surface area contributed by atoms with E-state index in [9.17, 15) is 4.79 Å². The molecule has 1 aliphatic carbocycles. The third-order valence-electron chi connectivity index (χ3n) is 4.67. The van der Waals surface area contributed by atoms with E-state index >= 15 is 0 Å². The monoisotopic (exact) mass is 374 g/mol. The van der Waals surface area contributed by atoms with Crippen molar-refractivity contribution < 1.29 is 19.0 Å². The summed E-state index contributed by atoms with van der Waals surface area (Å²) in [5, 5.41) is 0.487. The summed E-state index contributed by atoms with van der Waals surface area (Å²) in [6.07, 6.45) is 2.62. The van der Waals surface area contributed by atoms with Crippen molar-refractivity contribution in [1.82, 2.24) is 0 Å². The fourth-order valence-electron chi connectivity index (χ4n) is 3.02. The predicted molar refractivity (Wildman–Crippen MR) is 101 cm³/mol. The van der Waals surface area contributed by atoms with Gasteiger partial charge in [-0.25, -0.2) is 4.79 Å². The maximum atomic E-state index is 11.5. The van der Waals surface area contributed by atoms with Gasteiger partial charge < -0.3 is 14.2 Å². The molecule has 0 saturated heterocycles. The van der Waals surface area contributed by atoms with Gasteiger partial charge in [-0.2, -0.15) is 0 Å². The summed E-state index contributed by atoms with van der Waals surface area (Å²) in [6.45, 7) is 4.49. The first-order valence-corrected chi connectivity index (χ1v) is 9.20. The first-order chi connectivity index (χ1) is 12.5. The van der Waals surface area contributed by atoms with Gasteiger partial charge in [0.2, 0.25) is 0 Å². The third-order valence-corrected chi connectivity index (χ3v) is 5.03. The van der Waals surface area contributed by atoms with Crippen LogP contribution in [0.5, 0.6) is 11.5 Å². The molecule has 0 aromatic heterocycles. The van der Waals surface area contributed by atoms with Crippen molar-refractivity contribution in [2.75, 3.05) is 7.11 Å². The number of benzene rings is 2. The standard InChI is InChI=1S/C21H23ClO4/c1-4-14-11-16(15-8-9-15)20(10-13(14)2)25-12-17-18(22)6-5-7-19(17)26-21(23)24-3/h5-7,10-11,15H,4,8-9,12H2,1-3H3. The van der Waals surface area contributed by atoms with Crippen LogP contribution in [-0.4, -0.2) is 13.3 Å². The lowest BCUT2D eigenvalue weighted by Crippen LogP contribution is -2.10. The molecule has 26 heavy (non-hydrogen) atoms. The molecule has 0 radical (unpaired) electrons. The predicted octanol–water partition coefficient (Wildman–Crippen LogP) is 5.81. The van der Waals surface area contributed by atoms with Crippen molar-refractivity contribution >= 4 is 17.8 Å². The van der Waals surface area contributed by atoms with Crippen molar-refractivity contribution in [2.45, 2.75) is 45.6 Å². The Morgan fingerprint density at radius 1 is 1.23 bits per heavy atom. The first kappa shape index (κ1) is 18.6. The normalized spacial score (nSPS) is 13.4. The van der Waals surface area contributed by atoms with Crippen LogP contribution in [0.25, 0.3) is 0 Å². The second kappa shape index (κ2) is 8.00. The fourth-order valence-corrected chi connectivity index (χ4v) is 3.24. The summed E-state index contributed by atoms with van der Waals surface area (Å²) in [4.78, 5) is 11.5. The number of aryl methyl sites for hydroxylation is 2. The van der Waals surface area contributed by atoms with Crippen LogP contribution in [0.4, 0.5) is 4.79 Å². The average Bonchev–Trinajstić information content (AvgIpc) is 3.46. The number of hydrogen-bond donors (Lipinski definition) is 0. The summed E-state index contributed by atoms with van der Waals surface area (Å²) in [5.41, 5.74) is 4.46. The molecule has 5 heteroatoms. The van der Waals surface area contributed by atoms with Gasteiger partial charge in [0.15, 0.2) is 0 Å². The molecule has 3 rings (SSSR count). The molecule has 0 atom stereocenters. The topological polar surface area (TPSA) is 44.8 Å². The molecule has 1 fully saturated rings. The number of rotatable bonds is 6. The van der Waals surface area contributed by atoms with Crippen LogP contribution in [0.2, 0.25) is 5.02 Å². The minimum Gasteiger partial charge on any atom is -0.488 e. The van der Waals surface area contributed by atoms with Crippen LogP contribution in [0.3, 0.4) is 0 Å². The van der Waals surface area contributed by atoms with E-state index in [-0.39, 0.29) is 6.61 Å². The number of hydrogen-bond acceptors (Lipinski definition) is 4. The van der Waals surface area contributed by atoms with E-state index in [2.05, 4.69) is 30.7 Å². The molecular formula is C21H23ClO4. The van der Waals surface area contributed by atoms with Crippen molar-refractivity contribution in [2.24, 2.45) is 0 Å². The lowest BCUT2D eigenvalue weighted by atomic mass is 9.99. The zero-order valence-corrected chi connectivity index (χ0v) is 16.1. The van der Waals surface area contributed by atoms with Crippen LogP contribution in [0.1, 0.15) is 47.9 Å². The molecule has 138 valence electrons. The quantitative estimate of drug-likeness (QED) is 0.472. The number of methoxy groups -OCH3 is 1. The largest absolute Gasteiger partial charge is 0.513 e. The zero-order chi connectivity index (χ0) is 18.7. The Kier molecular flexibility index (Phi) is 5.72. The highest BCUT2D eigenvalue weighted by molar-refractivity contribution is 6.31. The second-order valence-corrected chi connectivity index (χ2v) is 6.91. The molecule has 0 spiro atoms. The van der Waals surface area contributed by atoms with E-state index in [0.717, 1.165) is 12.2 Å². The van der Waals surface area contributed by atoms with Crippen molar-refractivity contribution in [3.8, 4) is 11.5 Å². The molecule has 1 saturated carbocycles.